The number of carbonyl (C=O) groups is 3. The Morgan fingerprint density at radius 2 is 1.66 bits per heavy atom. The fourth-order valence-electron chi connectivity index (χ4n) is 2.34. The van der Waals surface area contributed by atoms with Gasteiger partial charge in [0.15, 0.2) is 6.61 Å². The van der Waals surface area contributed by atoms with Crippen LogP contribution >= 0.6 is 0 Å². The minimum absolute atomic E-state index is 0.0209. The molecule has 9 nitrogen and oxygen atoms in total. The first kappa shape index (κ1) is 24.9. The average Bonchev–Trinajstić information content (AvgIpc) is 2.72. The van der Waals surface area contributed by atoms with E-state index in [1.54, 1.807) is 13.0 Å². The van der Waals surface area contributed by atoms with Crippen LogP contribution in [0, 0.1) is 13.8 Å². The Hall–Kier alpha value is -3.38. The van der Waals surface area contributed by atoms with E-state index in [1.165, 1.54) is 12.1 Å². The number of benzene rings is 2. The molecule has 0 bridgehead atoms. The average molecular weight is 470 g/mol. The molecule has 2 rings (SSSR count). The van der Waals surface area contributed by atoms with Crippen LogP contribution in [-0.2, 0) is 24.3 Å². The fourth-order valence-corrected chi connectivity index (χ4v) is 3.39. The number of esters is 1. The summed E-state index contributed by atoms with van der Waals surface area (Å²) >= 11 is 0. The third kappa shape index (κ3) is 7.39. The van der Waals surface area contributed by atoms with Gasteiger partial charge in [0.2, 0.25) is 10.0 Å². The van der Waals surface area contributed by atoms with Gasteiger partial charge in [-0.15, -0.1) is 0 Å². The minimum Gasteiger partial charge on any atom is -0.455 e. The highest BCUT2D eigenvalue weighted by Gasteiger charge is 2.18. The van der Waals surface area contributed by atoms with Crippen molar-refractivity contribution in [3.8, 4) is 5.75 Å². The van der Waals surface area contributed by atoms with Crippen LogP contribution in [0.4, 0.5) is 8.78 Å². The number of sulfonamides is 1. The maximum Gasteiger partial charge on any atom is 0.387 e. The van der Waals surface area contributed by atoms with Crippen molar-refractivity contribution in [2.75, 3.05) is 13.2 Å². The molecule has 0 aliphatic rings. The number of rotatable bonds is 9. The molecule has 0 unspecified atom stereocenters. The summed E-state index contributed by atoms with van der Waals surface area (Å²) in [5.41, 5.74) is 1.64. The molecular formula is C20H20F2N2O7S. The van der Waals surface area contributed by atoms with Gasteiger partial charge < -0.3 is 9.47 Å². The van der Waals surface area contributed by atoms with Gasteiger partial charge in [0.1, 0.15) is 12.3 Å². The molecule has 0 saturated heterocycles. The summed E-state index contributed by atoms with van der Waals surface area (Å²) < 4.78 is 59.5. The second-order valence-electron chi connectivity index (χ2n) is 6.51. The molecule has 2 aromatic rings. The third-order valence-corrected chi connectivity index (χ3v) is 5.55. The molecule has 2 aromatic carbocycles. The molecule has 172 valence electrons. The molecule has 0 heterocycles. The van der Waals surface area contributed by atoms with Gasteiger partial charge in [0, 0.05) is 5.56 Å². The number of aryl methyl sites for hydroxylation is 2. The summed E-state index contributed by atoms with van der Waals surface area (Å²) in [6.07, 6.45) is 0. The van der Waals surface area contributed by atoms with Gasteiger partial charge in [-0.2, -0.15) is 13.5 Å². The number of imide groups is 1. The number of hydrogen-bond donors (Lipinski definition) is 2. The Balaban J connectivity index is 1.80. The molecule has 32 heavy (non-hydrogen) atoms. The standard InChI is InChI=1S/C20H20F2N2O7S/c1-12-3-8-16(9-13(12)2)32(28,29)23-10-18(26)30-11-17(25)24-19(27)14-4-6-15(7-5-14)31-20(21)22/h3-9,20,23H,10-11H2,1-2H3,(H,24,25,27). The van der Waals surface area contributed by atoms with E-state index in [1.807, 2.05) is 12.2 Å². The first-order chi connectivity index (χ1) is 15.0. The van der Waals surface area contributed by atoms with Crippen molar-refractivity contribution in [1.82, 2.24) is 10.0 Å². The van der Waals surface area contributed by atoms with E-state index < -0.39 is 47.6 Å². The predicted octanol–water partition coefficient (Wildman–Crippen LogP) is 1.68. The molecule has 2 N–H and O–H groups in total. The lowest BCUT2D eigenvalue weighted by atomic mass is 10.1. The Kier molecular flexibility index (Phi) is 8.38. The summed E-state index contributed by atoms with van der Waals surface area (Å²) in [6, 6.07) is 9.03. The second kappa shape index (κ2) is 10.8. The molecule has 0 aliphatic carbocycles. The number of ether oxygens (including phenoxy) is 2. The molecule has 0 fully saturated rings. The molecule has 12 heteroatoms. The van der Waals surface area contributed by atoms with Crippen molar-refractivity contribution >= 4 is 27.8 Å². The van der Waals surface area contributed by atoms with Crippen LogP contribution in [0.25, 0.3) is 0 Å². The number of nitrogens with one attached hydrogen (secondary N) is 2. The highest BCUT2D eigenvalue weighted by molar-refractivity contribution is 7.89. The molecule has 0 atom stereocenters. The van der Waals surface area contributed by atoms with Gasteiger partial charge in [-0.3, -0.25) is 19.7 Å². The summed E-state index contributed by atoms with van der Waals surface area (Å²) in [5, 5.41) is 1.94. The van der Waals surface area contributed by atoms with E-state index >= 15 is 0 Å². The van der Waals surface area contributed by atoms with Gasteiger partial charge in [-0.1, -0.05) is 6.07 Å². The van der Waals surface area contributed by atoms with Gasteiger partial charge in [-0.25, -0.2) is 8.42 Å². The Labute approximate surface area is 182 Å². The topological polar surface area (TPSA) is 128 Å². The maximum absolute atomic E-state index is 12.2. The highest BCUT2D eigenvalue weighted by Crippen LogP contribution is 2.15. The van der Waals surface area contributed by atoms with Crippen molar-refractivity contribution in [2.24, 2.45) is 0 Å². The van der Waals surface area contributed by atoms with E-state index in [-0.39, 0.29) is 16.2 Å². The zero-order chi connectivity index (χ0) is 23.9. The van der Waals surface area contributed by atoms with Crippen LogP contribution < -0.4 is 14.8 Å². The van der Waals surface area contributed by atoms with E-state index in [2.05, 4.69) is 14.2 Å². The molecule has 0 saturated carbocycles. The van der Waals surface area contributed by atoms with Crippen molar-refractivity contribution in [2.45, 2.75) is 25.4 Å². The van der Waals surface area contributed by atoms with Crippen LogP contribution in [0.15, 0.2) is 47.4 Å². The van der Waals surface area contributed by atoms with E-state index in [0.717, 1.165) is 35.4 Å². The second-order valence-corrected chi connectivity index (χ2v) is 8.28. The third-order valence-electron chi connectivity index (χ3n) is 4.15. The Bertz CT molecular complexity index is 1100. The maximum atomic E-state index is 12.2. The zero-order valence-corrected chi connectivity index (χ0v) is 17.9. The summed E-state index contributed by atoms with van der Waals surface area (Å²) in [7, 11) is -3.96. The lowest BCUT2D eigenvalue weighted by Crippen LogP contribution is -2.36. The molecular weight excluding hydrogens is 450 g/mol. The lowest BCUT2D eigenvalue weighted by molar-refractivity contribution is -0.147. The summed E-state index contributed by atoms with van der Waals surface area (Å²) in [5.74, 6) is -3.02. The number of halogens is 2. The van der Waals surface area contributed by atoms with Crippen LogP contribution in [0.1, 0.15) is 21.5 Å². The summed E-state index contributed by atoms with van der Waals surface area (Å²) in [4.78, 5) is 35.4. The highest BCUT2D eigenvalue weighted by atomic mass is 32.2. The van der Waals surface area contributed by atoms with Crippen molar-refractivity contribution < 1.29 is 41.1 Å². The molecule has 0 spiro atoms. The minimum atomic E-state index is -3.96. The summed E-state index contributed by atoms with van der Waals surface area (Å²) in [6.45, 7) is -1.00. The number of amides is 2. The van der Waals surface area contributed by atoms with Crippen molar-refractivity contribution in [3.05, 3.63) is 59.2 Å². The first-order valence-electron chi connectivity index (χ1n) is 9.09. The van der Waals surface area contributed by atoms with Crippen LogP contribution in [0.5, 0.6) is 5.75 Å². The Morgan fingerprint density at radius 1 is 1.00 bits per heavy atom. The predicted molar refractivity (Wildman–Crippen MR) is 108 cm³/mol. The fraction of sp³-hybridized carbons (Fsp3) is 0.250. The molecule has 2 amide bonds. The normalized spacial score (nSPS) is 11.2. The van der Waals surface area contributed by atoms with Crippen molar-refractivity contribution in [1.29, 1.82) is 0 Å². The van der Waals surface area contributed by atoms with Gasteiger partial charge in [0.05, 0.1) is 4.90 Å². The number of hydrogen-bond acceptors (Lipinski definition) is 7. The number of carbonyl (C=O) groups excluding carboxylic acids is 3. The van der Waals surface area contributed by atoms with E-state index in [9.17, 15) is 31.6 Å². The first-order valence-corrected chi connectivity index (χ1v) is 10.6. The van der Waals surface area contributed by atoms with Gasteiger partial charge in [0.25, 0.3) is 11.8 Å². The van der Waals surface area contributed by atoms with E-state index in [0.29, 0.717) is 0 Å². The lowest BCUT2D eigenvalue weighted by Gasteiger charge is -2.09. The quantitative estimate of drug-likeness (QED) is 0.534. The largest absolute Gasteiger partial charge is 0.455 e. The SMILES string of the molecule is Cc1ccc(S(=O)(=O)NCC(=O)OCC(=O)NC(=O)c2ccc(OC(F)F)cc2)cc1C. The van der Waals surface area contributed by atoms with Gasteiger partial charge >= 0.3 is 12.6 Å². The van der Waals surface area contributed by atoms with Crippen LogP contribution in [0.3, 0.4) is 0 Å². The zero-order valence-electron chi connectivity index (χ0n) is 17.1. The molecule has 0 radical (unpaired) electrons. The monoisotopic (exact) mass is 470 g/mol. The smallest absolute Gasteiger partial charge is 0.387 e. The van der Waals surface area contributed by atoms with Crippen molar-refractivity contribution in [3.63, 3.8) is 0 Å². The molecule has 0 aromatic heterocycles. The van der Waals surface area contributed by atoms with E-state index in [4.69, 9.17) is 0 Å². The van der Waals surface area contributed by atoms with Crippen LogP contribution in [-0.4, -0.2) is 46.0 Å². The molecule has 0 aliphatic heterocycles. The Morgan fingerprint density at radius 3 is 2.25 bits per heavy atom. The number of alkyl halides is 2. The van der Waals surface area contributed by atoms with Crippen LogP contribution in [0.2, 0.25) is 0 Å². The van der Waals surface area contributed by atoms with Gasteiger partial charge in [-0.05, 0) is 61.4 Å².